The number of carbonyl (C=O) groups excluding carboxylic acids is 1. The van der Waals surface area contributed by atoms with Crippen LogP contribution in [0.2, 0.25) is 0 Å². The molecule has 3 atom stereocenters. The molecule has 4 rings (SSSR count). The van der Waals surface area contributed by atoms with E-state index >= 15 is 0 Å². The summed E-state index contributed by atoms with van der Waals surface area (Å²) < 4.78 is 61.9. The number of carbonyl (C=O) groups is 1. The van der Waals surface area contributed by atoms with Crippen molar-refractivity contribution in [3.63, 3.8) is 0 Å². The molecule has 1 aliphatic heterocycles. The van der Waals surface area contributed by atoms with Crippen LogP contribution in [-0.4, -0.2) is 75.9 Å². The molecule has 10 nitrogen and oxygen atoms in total. The van der Waals surface area contributed by atoms with Crippen LogP contribution in [0.3, 0.4) is 0 Å². The summed E-state index contributed by atoms with van der Waals surface area (Å²) >= 11 is 1.07. The van der Waals surface area contributed by atoms with E-state index in [0.29, 0.717) is 0 Å². The lowest BCUT2D eigenvalue weighted by atomic mass is 9.99. The first-order chi connectivity index (χ1) is 18.4. The summed E-state index contributed by atoms with van der Waals surface area (Å²) in [5, 5.41) is 11.5. The lowest BCUT2D eigenvalue weighted by Gasteiger charge is -2.38. The molecule has 0 saturated heterocycles. The van der Waals surface area contributed by atoms with Crippen molar-refractivity contribution in [2.75, 3.05) is 31.5 Å². The first kappa shape index (κ1) is 29.0. The highest BCUT2D eigenvalue weighted by atomic mass is 32.2. The number of ether oxygens (including phenoxy) is 1. The number of likely N-dealkylation sites (N-methyl/N-ethyl adjacent to an activating group) is 1. The van der Waals surface area contributed by atoms with E-state index in [0.717, 1.165) is 11.3 Å². The predicted molar refractivity (Wildman–Crippen MR) is 149 cm³/mol. The number of thiophene rings is 1. The molecule has 0 aliphatic carbocycles. The molecular weight excluding hydrogens is 563 g/mol. The van der Waals surface area contributed by atoms with Crippen molar-refractivity contribution >= 4 is 43.0 Å². The summed E-state index contributed by atoms with van der Waals surface area (Å²) in [7, 11) is -6.18. The lowest BCUT2D eigenvalue weighted by molar-refractivity contribution is 0.0387. The van der Waals surface area contributed by atoms with E-state index in [2.05, 4.69) is 4.72 Å². The van der Waals surface area contributed by atoms with Gasteiger partial charge in [-0.3, -0.25) is 9.52 Å². The predicted octanol–water partition coefficient (Wildman–Crippen LogP) is 3.09. The molecule has 0 fully saturated rings. The largest absolute Gasteiger partial charge is 0.488 e. The maximum absolute atomic E-state index is 13.6. The van der Waals surface area contributed by atoms with Crippen LogP contribution in [0, 0.1) is 5.92 Å². The Morgan fingerprint density at radius 2 is 1.85 bits per heavy atom. The first-order valence-electron chi connectivity index (χ1n) is 12.2. The third kappa shape index (κ3) is 6.28. The Labute approximate surface area is 232 Å². The van der Waals surface area contributed by atoms with Gasteiger partial charge >= 0.3 is 0 Å². The Morgan fingerprint density at radius 3 is 2.49 bits per heavy atom. The minimum Gasteiger partial charge on any atom is -0.488 e. The number of hydrogen-bond acceptors (Lipinski definition) is 8. The molecule has 39 heavy (non-hydrogen) atoms. The molecule has 0 unspecified atom stereocenters. The third-order valence-corrected chi connectivity index (χ3v) is 11.2. The van der Waals surface area contributed by atoms with Gasteiger partial charge in [0.25, 0.3) is 15.9 Å². The molecule has 0 saturated carbocycles. The van der Waals surface area contributed by atoms with Gasteiger partial charge in [-0.25, -0.2) is 16.8 Å². The fraction of sp³-hybridized carbons (Fsp3) is 0.346. The average Bonchev–Trinajstić information content (AvgIpc) is 3.47. The minimum absolute atomic E-state index is 0.000128. The van der Waals surface area contributed by atoms with Crippen LogP contribution >= 0.6 is 11.3 Å². The number of aliphatic hydroxyl groups excluding tert-OH is 1. The number of benzene rings is 2. The number of anilines is 1. The minimum atomic E-state index is -3.85. The zero-order valence-corrected chi connectivity index (χ0v) is 24.2. The van der Waals surface area contributed by atoms with Crippen LogP contribution in [0.1, 0.15) is 24.2 Å². The van der Waals surface area contributed by atoms with Crippen molar-refractivity contribution in [1.29, 1.82) is 0 Å². The number of aliphatic hydroxyl groups is 1. The number of nitrogens with one attached hydrogen (secondary N) is 1. The van der Waals surface area contributed by atoms with Gasteiger partial charge in [0, 0.05) is 25.2 Å². The molecule has 2 heterocycles. The first-order valence-corrected chi connectivity index (χ1v) is 16.0. The van der Waals surface area contributed by atoms with Gasteiger partial charge in [0.2, 0.25) is 10.0 Å². The van der Waals surface area contributed by atoms with Crippen molar-refractivity contribution in [2.45, 2.75) is 35.1 Å². The van der Waals surface area contributed by atoms with Gasteiger partial charge in [-0.2, -0.15) is 4.31 Å². The number of amides is 1. The number of rotatable bonds is 9. The quantitative estimate of drug-likeness (QED) is 0.390. The number of nitrogens with zero attached hydrogens (tertiary/aromatic N) is 2. The molecule has 2 N–H and O–H groups in total. The fourth-order valence-electron chi connectivity index (χ4n) is 4.25. The molecular formula is C26H31N3O7S3. The normalized spacial score (nSPS) is 19.1. The highest BCUT2D eigenvalue weighted by Gasteiger charge is 2.35. The molecule has 1 amide bonds. The topological polar surface area (TPSA) is 133 Å². The van der Waals surface area contributed by atoms with Crippen LogP contribution in [0.5, 0.6) is 5.75 Å². The highest BCUT2D eigenvalue weighted by Crippen LogP contribution is 2.32. The van der Waals surface area contributed by atoms with Gasteiger partial charge in [-0.05, 0) is 48.7 Å². The smallest absolute Gasteiger partial charge is 0.271 e. The van der Waals surface area contributed by atoms with Crippen LogP contribution in [0.4, 0.5) is 5.69 Å². The van der Waals surface area contributed by atoms with E-state index in [1.807, 2.05) is 6.92 Å². The van der Waals surface area contributed by atoms with Gasteiger partial charge in [0.1, 0.15) is 16.1 Å². The molecule has 2 aromatic carbocycles. The zero-order chi connectivity index (χ0) is 28.4. The van der Waals surface area contributed by atoms with Crippen molar-refractivity contribution in [1.82, 2.24) is 9.21 Å². The van der Waals surface area contributed by atoms with E-state index in [-0.39, 0.29) is 51.7 Å². The van der Waals surface area contributed by atoms with Crippen LogP contribution in [0.15, 0.2) is 75.1 Å². The molecule has 1 aliphatic rings. The van der Waals surface area contributed by atoms with Gasteiger partial charge in [0.05, 0.1) is 29.7 Å². The number of fused-ring (bicyclic) bond motifs is 1. The Hall–Kier alpha value is -2.97. The molecule has 0 spiro atoms. The van der Waals surface area contributed by atoms with Gasteiger partial charge < -0.3 is 14.7 Å². The standard InChI is InChI=1S/C26H31N3O7S3/c1-18-15-29(19(2)17-30)26(31)22-14-20(27-38(32,33)25-10-7-13-37-25)11-12-23(22)36-24(18)16-28(3)39(34,35)21-8-5-4-6-9-21/h4-14,18-19,24,27,30H,15-17H2,1-3H3/t18-,19-,24-/m0/s1. The van der Waals surface area contributed by atoms with Crippen LogP contribution in [-0.2, 0) is 20.0 Å². The Morgan fingerprint density at radius 1 is 1.13 bits per heavy atom. The summed E-state index contributed by atoms with van der Waals surface area (Å²) in [6.45, 7) is 3.46. The molecule has 3 aromatic rings. The fourth-order valence-corrected chi connectivity index (χ4v) is 7.50. The van der Waals surface area contributed by atoms with E-state index in [9.17, 15) is 26.7 Å². The van der Waals surface area contributed by atoms with Crippen molar-refractivity contribution in [3.05, 3.63) is 71.6 Å². The van der Waals surface area contributed by atoms with Gasteiger partial charge in [-0.1, -0.05) is 31.2 Å². The summed E-state index contributed by atoms with van der Waals surface area (Å²) in [5.41, 5.74) is 0.275. The van der Waals surface area contributed by atoms with E-state index in [1.54, 1.807) is 36.6 Å². The zero-order valence-electron chi connectivity index (χ0n) is 21.7. The van der Waals surface area contributed by atoms with E-state index in [1.165, 1.54) is 52.7 Å². The van der Waals surface area contributed by atoms with Crippen molar-refractivity contribution in [2.24, 2.45) is 5.92 Å². The second-order valence-corrected chi connectivity index (χ2v) is 14.4. The molecule has 0 radical (unpaired) electrons. The summed E-state index contributed by atoms with van der Waals surface area (Å²) in [6.07, 6.45) is -0.651. The Kier molecular flexibility index (Phi) is 8.66. The Bertz CT molecular complexity index is 1510. The van der Waals surface area contributed by atoms with Crippen molar-refractivity contribution < 1.29 is 31.5 Å². The van der Waals surface area contributed by atoms with Crippen LogP contribution < -0.4 is 9.46 Å². The SMILES string of the molecule is C[C@H]1CN([C@@H](C)CO)C(=O)c2cc(NS(=O)(=O)c3cccs3)ccc2O[C@H]1CN(C)S(=O)(=O)c1ccccc1. The van der Waals surface area contributed by atoms with E-state index in [4.69, 9.17) is 4.74 Å². The summed E-state index contributed by atoms with van der Waals surface area (Å²) in [5.74, 6) is -0.544. The highest BCUT2D eigenvalue weighted by molar-refractivity contribution is 7.94. The maximum Gasteiger partial charge on any atom is 0.271 e. The second-order valence-electron chi connectivity index (χ2n) is 9.47. The number of hydrogen-bond donors (Lipinski definition) is 2. The average molecular weight is 594 g/mol. The summed E-state index contributed by atoms with van der Waals surface area (Å²) in [4.78, 5) is 15.3. The lowest BCUT2D eigenvalue weighted by Crippen LogP contribution is -2.50. The monoisotopic (exact) mass is 593 g/mol. The van der Waals surface area contributed by atoms with Crippen molar-refractivity contribution in [3.8, 4) is 5.75 Å². The Balaban J connectivity index is 1.68. The third-order valence-electron chi connectivity index (χ3n) is 6.57. The van der Waals surface area contributed by atoms with Gasteiger partial charge in [-0.15, -0.1) is 11.3 Å². The molecule has 210 valence electrons. The maximum atomic E-state index is 13.6. The number of sulfonamides is 2. The van der Waals surface area contributed by atoms with Gasteiger partial charge in [0.15, 0.2) is 0 Å². The molecule has 13 heteroatoms. The van der Waals surface area contributed by atoms with E-state index < -0.39 is 38.1 Å². The second kappa shape index (κ2) is 11.6. The molecule has 0 bridgehead atoms. The molecule has 1 aromatic heterocycles. The summed E-state index contributed by atoms with van der Waals surface area (Å²) in [6, 6.07) is 15.0. The van der Waals surface area contributed by atoms with Crippen LogP contribution in [0.25, 0.3) is 0 Å².